The van der Waals surface area contributed by atoms with E-state index in [1.54, 1.807) is 24.3 Å². The summed E-state index contributed by atoms with van der Waals surface area (Å²) in [5, 5.41) is 3.19. The maximum absolute atomic E-state index is 12.9. The van der Waals surface area contributed by atoms with Gasteiger partial charge in [0.25, 0.3) is 0 Å². The van der Waals surface area contributed by atoms with Crippen LogP contribution in [0, 0.1) is 0 Å². The monoisotopic (exact) mass is 492 g/mol. The first kappa shape index (κ1) is 21.5. The van der Waals surface area contributed by atoms with Gasteiger partial charge in [-0.05, 0) is 60.5 Å². The molecule has 0 radical (unpaired) electrons. The summed E-state index contributed by atoms with van der Waals surface area (Å²) in [4.78, 5) is 12.9. The van der Waals surface area contributed by atoms with Crippen molar-refractivity contribution in [3.05, 3.63) is 93.9 Å². The fourth-order valence-corrected chi connectivity index (χ4v) is 4.26. The molecule has 150 valence electrons. The number of hydrogen-bond donors (Lipinski definition) is 2. The molecule has 2 N–H and O–H groups in total. The summed E-state index contributed by atoms with van der Waals surface area (Å²) in [6.07, 6.45) is 0.204. The highest BCUT2D eigenvalue weighted by atomic mass is 79.9. The zero-order valence-corrected chi connectivity index (χ0v) is 18.3. The van der Waals surface area contributed by atoms with Crippen LogP contribution >= 0.6 is 27.5 Å². The van der Waals surface area contributed by atoms with Gasteiger partial charge in [-0.25, -0.2) is 8.42 Å². The molecule has 0 bridgehead atoms. The molecule has 0 aliphatic heterocycles. The largest absolute Gasteiger partial charge is 0.325 e. The molecule has 0 saturated heterocycles. The van der Waals surface area contributed by atoms with Crippen molar-refractivity contribution >= 4 is 49.1 Å². The van der Waals surface area contributed by atoms with Crippen molar-refractivity contribution < 1.29 is 13.2 Å². The van der Waals surface area contributed by atoms with E-state index in [4.69, 9.17) is 11.6 Å². The van der Waals surface area contributed by atoms with Gasteiger partial charge in [-0.2, -0.15) is 4.72 Å². The van der Waals surface area contributed by atoms with Crippen LogP contribution in [0.5, 0.6) is 0 Å². The molecule has 0 aliphatic carbocycles. The maximum Gasteiger partial charge on any atom is 0.242 e. The molecular weight excluding hydrogens is 476 g/mol. The molecule has 0 spiro atoms. The van der Waals surface area contributed by atoms with Gasteiger partial charge in [-0.3, -0.25) is 4.79 Å². The van der Waals surface area contributed by atoms with E-state index in [9.17, 15) is 13.2 Å². The van der Waals surface area contributed by atoms with Crippen molar-refractivity contribution in [1.29, 1.82) is 0 Å². The second kappa shape index (κ2) is 9.54. The number of anilines is 1. The predicted octanol–water partition coefficient (Wildman–Crippen LogP) is 4.63. The van der Waals surface area contributed by atoms with E-state index < -0.39 is 22.0 Å². The van der Waals surface area contributed by atoms with E-state index in [1.165, 1.54) is 24.3 Å². The van der Waals surface area contributed by atoms with E-state index in [-0.39, 0.29) is 11.3 Å². The van der Waals surface area contributed by atoms with Crippen LogP contribution in [-0.4, -0.2) is 20.4 Å². The average molecular weight is 494 g/mol. The molecule has 0 aliphatic rings. The Hall–Kier alpha value is -2.19. The first-order valence-electron chi connectivity index (χ1n) is 8.72. The molecule has 1 atom stereocenters. The van der Waals surface area contributed by atoms with Crippen LogP contribution < -0.4 is 10.0 Å². The summed E-state index contributed by atoms with van der Waals surface area (Å²) in [7, 11) is -3.92. The lowest BCUT2D eigenvalue weighted by molar-refractivity contribution is -0.117. The summed E-state index contributed by atoms with van der Waals surface area (Å²) in [6.45, 7) is 0. The minimum absolute atomic E-state index is 0.0383. The molecule has 5 nitrogen and oxygen atoms in total. The molecule has 3 aromatic rings. The predicted molar refractivity (Wildman–Crippen MR) is 118 cm³/mol. The van der Waals surface area contributed by atoms with Crippen LogP contribution in [0.25, 0.3) is 0 Å². The van der Waals surface area contributed by atoms with Gasteiger partial charge in [0.15, 0.2) is 0 Å². The van der Waals surface area contributed by atoms with Crippen molar-refractivity contribution in [3.63, 3.8) is 0 Å². The number of sulfonamides is 1. The number of nitrogens with one attached hydrogen (secondary N) is 2. The molecule has 1 amide bonds. The summed E-state index contributed by atoms with van der Waals surface area (Å²) >= 11 is 9.19. The first-order valence-corrected chi connectivity index (χ1v) is 11.4. The maximum atomic E-state index is 12.9. The number of halogens is 2. The van der Waals surface area contributed by atoms with Gasteiger partial charge in [0, 0.05) is 15.2 Å². The Morgan fingerprint density at radius 2 is 1.55 bits per heavy atom. The van der Waals surface area contributed by atoms with Gasteiger partial charge < -0.3 is 5.32 Å². The van der Waals surface area contributed by atoms with Gasteiger partial charge in [-0.15, -0.1) is 0 Å². The Bertz CT molecular complexity index is 1070. The van der Waals surface area contributed by atoms with Gasteiger partial charge in [0.05, 0.1) is 4.90 Å². The lowest BCUT2D eigenvalue weighted by Crippen LogP contribution is -2.45. The Balaban J connectivity index is 1.84. The standard InChI is InChI=1S/C21H18BrClN2O3S/c22-16-6-10-18(11-7-16)24-21(26)20(14-15-4-2-1-3-5-15)25-29(27,28)19-12-8-17(23)9-13-19/h1-13,20,25H,14H2,(H,24,26)/t20-/m0/s1. The van der Waals surface area contributed by atoms with E-state index in [1.807, 2.05) is 30.3 Å². The van der Waals surface area contributed by atoms with Gasteiger partial charge in [0.2, 0.25) is 15.9 Å². The Kier molecular flexibility index (Phi) is 7.08. The van der Waals surface area contributed by atoms with E-state index in [0.29, 0.717) is 10.7 Å². The lowest BCUT2D eigenvalue weighted by atomic mass is 10.1. The summed E-state index contributed by atoms with van der Waals surface area (Å²) in [5.74, 6) is -0.450. The van der Waals surface area contributed by atoms with E-state index >= 15 is 0 Å². The van der Waals surface area contributed by atoms with Gasteiger partial charge in [0.1, 0.15) is 6.04 Å². The number of carbonyl (C=O) groups is 1. The molecule has 0 aromatic heterocycles. The molecule has 0 saturated carbocycles. The van der Waals surface area contributed by atoms with Crippen LogP contribution in [0.15, 0.2) is 88.2 Å². The molecule has 3 rings (SSSR count). The molecule has 0 fully saturated rings. The normalized spacial score (nSPS) is 12.3. The molecular formula is C21H18BrClN2O3S. The number of carbonyl (C=O) groups excluding carboxylic acids is 1. The third-order valence-corrected chi connectivity index (χ3v) is 6.40. The summed E-state index contributed by atoms with van der Waals surface area (Å²) in [5.41, 5.74) is 1.41. The van der Waals surface area contributed by atoms with E-state index in [2.05, 4.69) is 26.0 Å². The Labute approximate surface area is 183 Å². The van der Waals surface area contributed by atoms with Crippen LogP contribution in [0.1, 0.15) is 5.56 Å². The minimum atomic E-state index is -3.92. The second-order valence-corrected chi connectivity index (χ2v) is 9.38. The Morgan fingerprint density at radius 1 is 0.931 bits per heavy atom. The molecule has 29 heavy (non-hydrogen) atoms. The van der Waals surface area contributed by atoms with Crippen LogP contribution in [-0.2, 0) is 21.2 Å². The SMILES string of the molecule is O=C(Nc1ccc(Br)cc1)[C@H](Cc1ccccc1)NS(=O)(=O)c1ccc(Cl)cc1. The fourth-order valence-electron chi connectivity index (χ4n) is 2.67. The number of benzene rings is 3. The molecule has 8 heteroatoms. The van der Waals surface area contributed by atoms with Crippen molar-refractivity contribution in [3.8, 4) is 0 Å². The zero-order valence-electron chi connectivity index (χ0n) is 15.2. The Morgan fingerprint density at radius 3 is 2.17 bits per heavy atom. The summed E-state index contributed by atoms with van der Waals surface area (Å²) < 4.78 is 29.0. The smallest absolute Gasteiger partial charge is 0.242 e. The van der Waals surface area contributed by atoms with Crippen LogP contribution in [0.4, 0.5) is 5.69 Å². The number of amides is 1. The van der Waals surface area contributed by atoms with Crippen molar-refractivity contribution in [2.45, 2.75) is 17.4 Å². The van der Waals surface area contributed by atoms with Gasteiger partial charge in [-0.1, -0.05) is 57.9 Å². The molecule has 0 heterocycles. The highest BCUT2D eigenvalue weighted by Gasteiger charge is 2.26. The summed E-state index contributed by atoms with van der Waals surface area (Å²) in [6, 6.07) is 21.1. The zero-order chi connectivity index (χ0) is 20.9. The van der Waals surface area contributed by atoms with Crippen LogP contribution in [0.2, 0.25) is 5.02 Å². The highest BCUT2D eigenvalue weighted by Crippen LogP contribution is 2.17. The lowest BCUT2D eigenvalue weighted by Gasteiger charge is -2.19. The van der Waals surface area contributed by atoms with E-state index in [0.717, 1.165) is 10.0 Å². The number of rotatable bonds is 7. The van der Waals surface area contributed by atoms with Gasteiger partial charge >= 0.3 is 0 Å². The third kappa shape index (κ3) is 6.14. The molecule has 3 aromatic carbocycles. The topological polar surface area (TPSA) is 75.3 Å². The number of hydrogen-bond acceptors (Lipinski definition) is 3. The fraction of sp³-hybridized carbons (Fsp3) is 0.0952. The first-order chi connectivity index (χ1) is 13.8. The highest BCUT2D eigenvalue weighted by molar-refractivity contribution is 9.10. The molecule has 0 unspecified atom stereocenters. The van der Waals surface area contributed by atoms with Crippen LogP contribution in [0.3, 0.4) is 0 Å². The van der Waals surface area contributed by atoms with Crippen molar-refractivity contribution in [2.75, 3.05) is 5.32 Å². The third-order valence-electron chi connectivity index (χ3n) is 4.13. The minimum Gasteiger partial charge on any atom is -0.325 e. The van der Waals surface area contributed by atoms with Crippen molar-refractivity contribution in [1.82, 2.24) is 4.72 Å². The van der Waals surface area contributed by atoms with Crippen molar-refractivity contribution in [2.24, 2.45) is 0 Å². The quantitative estimate of drug-likeness (QED) is 0.504. The average Bonchev–Trinajstić information content (AvgIpc) is 2.70. The second-order valence-electron chi connectivity index (χ2n) is 6.31.